The van der Waals surface area contributed by atoms with Crippen LogP contribution in [0.2, 0.25) is 0 Å². The highest BCUT2D eigenvalue weighted by atomic mass is 19.1. The van der Waals surface area contributed by atoms with E-state index >= 15 is 0 Å². The first kappa shape index (κ1) is 26.6. The molecule has 1 aliphatic carbocycles. The molecule has 1 aromatic rings. The number of ether oxygens (including phenoxy) is 1. The van der Waals surface area contributed by atoms with Crippen molar-refractivity contribution in [2.24, 2.45) is 11.3 Å². The van der Waals surface area contributed by atoms with E-state index < -0.39 is 47.8 Å². The zero-order valence-corrected chi connectivity index (χ0v) is 21.2. The van der Waals surface area contributed by atoms with Crippen LogP contribution in [-0.4, -0.2) is 58.8 Å². The third-order valence-electron chi connectivity index (χ3n) is 7.73. The highest BCUT2D eigenvalue weighted by molar-refractivity contribution is 6.08. The van der Waals surface area contributed by atoms with Gasteiger partial charge in [0.2, 0.25) is 0 Å². The summed E-state index contributed by atoms with van der Waals surface area (Å²) in [6.45, 7) is 7.62. The van der Waals surface area contributed by atoms with Crippen LogP contribution < -0.4 is 5.32 Å². The van der Waals surface area contributed by atoms with E-state index in [9.17, 15) is 23.6 Å². The van der Waals surface area contributed by atoms with Gasteiger partial charge in [-0.15, -0.1) is 0 Å². The van der Waals surface area contributed by atoms with E-state index in [1.165, 1.54) is 31.0 Å². The normalized spacial score (nSPS) is 23.3. The number of rotatable bonds is 8. The summed E-state index contributed by atoms with van der Waals surface area (Å²) in [5, 5.41) is 2.81. The number of amides is 4. The summed E-state index contributed by atoms with van der Waals surface area (Å²) in [4.78, 5) is 53.0. The van der Waals surface area contributed by atoms with Gasteiger partial charge in [-0.25, -0.2) is 9.18 Å². The summed E-state index contributed by atoms with van der Waals surface area (Å²) in [6, 6.07) is 5.27. The molecule has 0 bridgehead atoms. The van der Waals surface area contributed by atoms with Crippen LogP contribution in [0.1, 0.15) is 65.4 Å². The average Bonchev–Trinajstić information content (AvgIpc) is 3.02. The minimum absolute atomic E-state index is 0.143. The minimum Gasteiger partial charge on any atom is -0.451 e. The maximum absolute atomic E-state index is 13.4. The molecular formula is C26H36FN3O5. The van der Waals surface area contributed by atoms with E-state index in [0.29, 0.717) is 24.3 Å². The Bertz CT molecular complexity index is 987. The van der Waals surface area contributed by atoms with Crippen LogP contribution in [0.4, 0.5) is 9.18 Å². The molecule has 0 radical (unpaired) electrons. The van der Waals surface area contributed by atoms with E-state index in [2.05, 4.69) is 26.1 Å². The first-order valence-corrected chi connectivity index (χ1v) is 12.2. The predicted molar refractivity (Wildman–Crippen MR) is 127 cm³/mol. The summed E-state index contributed by atoms with van der Waals surface area (Å²) in [6.07, 6.45) is 2.65. The number of imide groups is 1. The molecule has 1 atom stereocenters. The van der Waals surface area contributed by atoms with Crippen molar-refractivity contribution in [2.45, 2.75) is 78.0 Å². The standard InChI is InChI=1S/C26H36FN3O5/c1-6-25(3,4)19-10-12-26(13-11-19)23(33)30(24(34)28-26)16-21(31)35-17(2)22(32)29(5)15-18-8-7-9-20(27)14-18/h7-9,14,17,19H,6,10-13,15-16H2,1-5H3,(H,28,34). The fourth-order valence-corrected chi connectivity index (χ4v) is 5.05. The molecule has 8 nitrogen and oxygen atoms in total. The number of benzene rings is 1. The van der Waals surface area contributed by atoms with Gasteiger partial charge in [0.1, 0.15) is 17.9 Å². The summed E-state index contributed by atoms with van der Waals surface area (Å²) >= 11 is 0. The van der Waals surface area contributed by atoms with Gasteiger partial charge in [-0.2, -0.15) is 0 Å². The molecule has 9 heteroatoms. The Balaban J connectivity index is 1.54. The zero-order chi connectivity index (χ0) is 26.0. The highest BCUT2D eigenvalue weighted by Gasteiger charge is 2.54. The SMILES string of the molecule is CCC(C)(C)C1CCC2(CC1)NC(=O)N(CC(=O)OC(C)C(=O)N(C)Cc1cccc(F)c1)C2=O. The van der Waals surface area contributed by atoms with E-state index in [-0.39, 0.29) is 12.0 Å². The third kappa shape index (κ3) is 5.82. The molecule has 1 aliphatic heterocycles. The Morgan fingerprint density at radius 2 is 1.94 bits per heavy atom. The zero-order valence-electron chi connectivity index (χ0n) is 21.2. The van der Waals surface area contributed by atoms with Gasteiger partial charge in [0, 0.05) is 13.6 Å². The van der Waals surface area contributed by atoms with Gasteiger partial charge in [0.05, 0.1) is 0 Å². The number of nitrogens with zero attached hydrogens (tertiary/aromatic N) is 2. The number of carbonyl (C=O) groups excluding carboxylic acids is 4. The molecule has 1 N–H and O–H groups in total. The lowest BCUT2D eigenvalue weighted by molar-refractivity contribution is -0.160. The van der Waals surface area contributed by atoms with Crippen molar-refractivity contribution < 1.29 is 28.3 Å². The number of esters is 1. The van der Waals surface area contributed by atoms with Crippen molar-refractivity contribution in [3.8, 4) is 0 Å². The Labute approximate surface area is 206 Å². The van der Waals surface area contributed by atoms with Gasteiger partial charge in [-0.1, -0.05) is 39.3 Å². The first-order valence-electron chi connectivity index (χ1n) is 12.2. The topological polar surface area (TPSA) is 96.0 Å². The third-order valence-corrected chi connectivity index (χ3v) is 7.73. The number of halogens is 1. The van der Waals surface area contributed by atoms with Gasteiger partial charge < -0.3 is 15.0 Å². The molecule has 2 fully saturated rings. The molecule has 4 amide bonds. The average molecular weight is 490 g/mol. The Morgan fingerprint density at radius 3 is 2.54 bits per heavy atom. The summed E-state index contributed by atoms with van der Waals surface area (Å²) in [7, 11) is 1.52. The summed E-state index contributed by atoms with van der Waals surface area (Å²) < 4.78 is 18.6. The van der Waals surface area contributed by atoms with E-state index in [0.717, 1.165) is 24.2 Å². The molecule has 3 rings (SSSR count). The number of nitrogens with one attached hydrogen (secondary N) is 1. The molecule has 2 aliphatic rings. The Hall–Kier alpha value is -2.97. The largest absolute Gasteiger partial charge is 0.451 e. The molecule has 1 spiro atoms. The lowest BCUT2D eigenvalue weighted by atomic mass is 9.65. The van der Waals surface area contributed by atoms with Crippen molar-refractivity contribution in [2.75, 3.05) is 13.6 Å². The summed E-state index contributed by atoms with van der Waals surface area (Å²) in [5.41, 5.74) is -0.202. The predicted octanol–water partition coefficient (Wildman–Crippen LogP) is 3.63. The van der Waals surface area contributed by atoms with Crippen LogP contribution in [0.5, 0.6) is 0 Å². The molecular weight excluding hydrogens is 453 g/mol. The van der Waals surface area contributed by atoms with Crippen molar-refractivity contribution in [1.29, 1.82) is 0 Å². The fourth-order valence-electron chi connectivity index (χ4n) is 5.05. The highest BCUT2D eigenvalue weighted by Crippen LogP contribution is 2.45. The quantitative estimate of drug-likeness (QED) is 0.444. The van der Waals surface area contributed by atoms with Gasteiger partial charge in [-0.3, -0.25) is 19.3 Å². The van der Waals surface area contributed by atoms with Crippen molar-refractivity contribution in [1.82, 2.24) is 15.1 Å². The number of hydrogen-bond donors (Lipinski definition) is 1. The number of urea groups is 1. The van der Waals surface area contributed by atoms with Crippen LogP contribution in [-0.2, 0) is 25.7 Å². The molecule has 1 unspecified atom stereocenters. The monoisotopic (exact) mass is 489 g/mol. The van der Waals surface area contributed by atoms with Gasteiger partial charge >= 0.3 is 12.0 Å². The molecule has 1 saturated carbocycles. The first-order chi connectivity index (χ1) is 16.4. The fraction of sp³-hybridized carbons (Fsp3) is 0.615. The van der Waals surface area contributed by atoms with E-state index in [1.54, 1.807) is 12.1 Å². The number of likely N-dealkylation sites (N-methyl/N-ethyl adjacent to an activating group) is 1. The van der Waals surface area contributed by atoms with Gasteiger partial charge in [-0.05, 0) is 61.6 Å². The Morgan fingerprint density at radius 1 is 1.29 bits per heavy atom. The van der Waals surface area contributed by atoms with Crippen LogP contribution in [0.25, 0.3) is 0 Å². The molecule has 0 aromatic heterocycles. The molecule has 192 valence electrons. The maximum atomic E-state index is 13.4. The molecule has 1 aromatic carbocycles. The second-order valence-corrected chi connectivity index (χ2v) is 10.5. The summed E-state index contributed by atoms with van der Waals surface area (Å²) in [5.74, 6) is -1.66. The van der Waals surface area contributed by atoms with Crippen LogP contribution in [0.15, 0.2) is 24.3 Å². The number of carbonyl (C=O) groups is 4. The molecule has 35 heavy (non-hydrogen) atoms. The van der Waals surface area contributed by atoms with Crippen LogP contribution in [0.3, 0.4) is 0 Å². The van der Waals surface area contributed by atoms with E-state index in [1.807, 2.05) is 0 Å². The van der Waals surface area contributed by atoms with E-state index in [4.69, 9.17) is 4.74 Å². The van der Waals surface area contributed by atoms with Gasteiger partial charge in [0.15, 0.2) is 6.10 Å². The number of hydrogen-bond acceptors (Lipinski definition) is 5. The van der Waals surface area contributed by atoms with Crippen molar-refractivity contribution in [3.63, 3.8) is 0 Å². The lowest BCUT2D eigenvalue weighted by Crippen LogP contribution is -2.51. The second-order valence-electron chi connectivity index (χ2n) is 10.5. The molecule has 1 heterocycles. The van der Waals surface area contributed by atoms with Crippen LogP contribution in [0, 0.1) is 17.2 Å². The Kier molecular flexibility index (Phi) is 7.87. The second kappa shape index (κ2) is 10.3. The smallest absolute Gasteiger partial charge is 0.327 e. The van der Waals surface area contributed by atoms with Crippen LogP contribution >= 0.6 is 0 Å². The van der Waals surface area contributed by atoms with Gasteiger partial charge in [0.25, 0.3) is 11.8 Å². The lowest BCUT2D eigenvalue weighted by Gasteiger charge is -2.42. The van der Waals surface area contributed by atoms with Crippen molar-refractivity contribution in [3.05, 3.63) is 35.6 Å². The maximum Gasteiger partial charge on any atom is 0.327 e. The molecule has 1 saturated heterocycles. The minimum atomic E-state index is -1.12. The van der Waals surface area contributed by atoms with Crippen molar-refractivity contribution >= 4 is 23.8 Å².